The van der Waals surface area contributed by atoms with Crippen LogP contribution in [0, 0.1) is 0 Å². The summed E-state index contributed by atoms with van der Waals surface area (Å²) in [6.45, 7) is 7.18. The molecule has 0 fully saturated rings. The monoisotopic (exact) mass is 230 g/mol. The van der Waals surface area contributed by atoms with E-state index in [2.05, 4.69) is 24.1 Å². The first-order chi connectivity index (χ1) is 7.63. The molecule has 0 rings (SSSR count). The van der Waals surface area contributed by atoms with Gasteiger partial charge in [0.05, 0.1) is 6.42 Å². The van der Waals surface area contributed by atoms with Crippen molar-refractivity contribution in [3.8, 4) is 0 Å². The van der Waals surface area contributed by atoms with Crippen LogP contribution in [0.15, 0.2) is 0 Å². The zero-order chi connectivity index (χ0) is 12.4. The Morgan fingerprint density at radius 1 is 1.19 bits per heavy atom. The molecule has 5 heteroatoms. The van der Waals surface area contributed by atoms with E-state index in [4.69, 9.17) is 4.74 Å². The number of nitrogens with zero attached hydrogens (tertiary/aromatic N) is 1. The molecule has 1 amide bonds. The number of hydrogen-bond donors (Lipinski definition) is 1. The summed E-state index contributed by atoms with van der Waals surface area (Å²) in [4.78, 5) is 24.2. The van der Waals surface area contributed by atoms with E-state index >= 15 is 0 Å². The highest BCUT2D eigenvalue weighted by Gasteiger charge is 2.07. The Bertz CT molecular complexity index is 215. The van der Waals surface area contributed by atoms with Crippen LogP contribution in [0.5, 0.6) is 0 Å². The van der Waals surface area contributed by atoms with Crippen LogP contribution < -0.4 is 5.32 Å². The molecule has 0 spiro atoms. The quantitative estimate of drug-likeness (QED) is 0.613. The lowest BCUT2D eigenvalue weighted by molar-refractivity contribution is -0.145. The minimum atomic E-state index is -0.309. The first-order valence-corrected chi connectivity index (χ1v) is 5.72. The summed E-state index contributed by atoms with van der Waals surface area (Å²) < 4.78 is 5.01. The molecule has 5 nitrogen and oxygen atoms in total. The van der Waals surface area contributed by atoms with Crippen molar-refractivity contribution in [1.29, 1.82) is 0 Å². The zero-order valence-electron chi connectivity index (χ0n) is 10.4. The van der Waals surface area contributed by atoms with E-state index in [-0.39, 0.29) is 24.7 Å². The molecule has 0 aromatic carbocycles. The van der Waals surface area contributed by atoms with Crippen LogP contribution in [0.2, 0.25) is 0 Å². The molecule has 0 saturated carbocycles. The maximum atomic E-state index is 11.2. The van der Waals surface area contributed by atoms with E-state index in [1.54, 1.807) is 7.05 Å². The summed E-state index contributed by atoms with van der Waals surface area (Å²) in [5.74, 6) is -0.448. The number of likely N-dealkylation sites (N-methyl/N-ethyl adjacent to an activating group) is 1. The van der Waals surface area contributed by atoms with Gasteiger partial charge in [0, 0.05) is 20.0 Å². The predicted octanol–water partition coefficient (Wildman–Crippen LogP) is 0.398. The summed E-state index contributed by atoms with van der Waals surface area (Å²) in [6.07, 6.45) is 0.346. The van der Waals surface area contributed by atoms with E-state index in [0.29, 0.717) is 6.61 Å². The maximum Gasteiger partial charge on any atom is 0.306 e. The van der Waals surface area contributed by atoms with Crippen molar-refractivity contribution >= 4 is 11.9 Å². The van der Waals surface area contributed by atoms with Gasteiger partial charge in [0.25, 0.3) is 0 Å². The molecule has 0 aliphatic heterocycles. The number of amides is 1. The van der Waals surface area contributed by atoms with Crippen molar-refractivity contribution in [3.63, 3.8) is 0 Å². The van der Waals surface area contributed by atoms with E-state index in [0.717, 1.165) is 19.6 Å². The standard InChI is InChI=1S/C11H22N2O3/c1-4-13(5-2)8-9-16-11(15)7-6-10(14)12-3/h4-9H2,1-3H3,(H,12,14). The van der Waals surface area contributed by atoms with Crippen LogP contribution in [0.4, 0.5) is 0 Å². The molecule has 0 aliphatic rings. The van der Waals surface area contributed by atoms with Gasteiger partial charge in [0.1, 0.15) is 6.61 Å². The lowest BCUT2D eigenvalue weighted by Crippen LogP contribution is -2.28. The summed E-state index contributed by atoms with van der Waals surface area (Å²) in [6, 6.07) is 0. The van der Waals surface area contributed by atoms with Gasteiger partial charge in [-0.1, -0.05) is 13.8 Å². The van der Waals surface area contributed by atoms with Crippen molar-refractivity contribution in [2.45, 2.75) is 26.7 Å². The Morgan fingerprint density at radius 2 is 1.81 bits per heavy atom. The van der Waals surface area contributed by atoms with Crippen LogP contribution in [0.25, 0.3) is 0 Å². The average molecular weight is 230 g/mol. The van der Waals surface area contributed by atoms with Crippen molar-refractivity contribution in [2.24, 2.45) is 0 Å². The Hall–Kier alpha value is -1.10. The van der Waals surface area contributed by atoms with Gasteiger partial charge in [-0.05, 0) is 13.1 Å². The van der Waals surface area contributed by atoms with Gasteiger partial charge in [-0.2, -0.15) is 0 Å². The SMILES string of the molecule is CCN(CC)CCOC(=O)CCC(=O)NC. The van der Waals surface area contributed by atoms with Gasteiger partial charge >= 0.3 is 5.97 Å². The molecule has 0 saturated heterocycles. The molecule has 0 aliphatic carbocycles. The lowest BCUT2D eigenvalue weighted by atomic mass is 10.3. The molecule has 0 unspecified atom stereocenters. The van der Waals surface area contributed by atoms with Gasteiger partial charge in [0.15, 0.2) is 0 Å². The molecule has 0 radical (unpaired) electrons. The fourth-order valence-electron chi connectivity index (χ4n) is 1.24. The normalized spacial score (nSPS) is 10.2. The Labute approximate surface area is 97.1 Å². The number of esters is 1. The molecule has 1 N–H and O–H groups in total. The third-order valence-corrected chi connectivity index (χ3v) is 2.40. The molecule has 0 atom stereocenters. The van der Waals surface area contributed by atoms with E-state index < -0.39 is 0 Å². The molecular formula is C11H22N2O3. The average Bonchev–Trinajstić information content (AvgIpc) is 2.31. The molecule has 16 heavy (non-hydrogen) atoms. The van der Waals surface area contributed by atoms with E-state index in [1.807, 2.05) is 0 Å². The molecule has 94 valence electrons. The van der Waals surface area contributed by atoms with Gasteiger partial charge in [-0.25, -0.2) is 0 Å². The summed E-state index contributed by atoms with van der Waals surface area (Å²) in [5, 5.41) is 2.46. The molecule has 0 bridgehead atoms. The molecule has 0 heterocycles. The number of rotatable bonds is 8. The first-order valence-electron chi connectivity index (χ1n) is 5.72. The molecular weight excluding hydrogens is 208 g/mol. The maximum absolute atomic E-state index is 11.2. The summed E-state index contributed by atoms with van der Waals surface area (Å²) >= 11 is 0. The van der Waals surface area contributed by atoms with Gasteiger partial charge in [-0.15, -0.1) is 0 Å². The van der Waals surface area contributed by atoms with Gasteiger partial charge in [0.2, 0.25) is 5.91 Å². The van der Waals surface area contributed by atoms with Crippen molar-refractivity contribution in [3.05, 3.63) is 0 Å². The highest BCUT2D eigenvalue weighted by atomic mass is 16.5. The first kappa shape index (κ1) is 14.9. The smallest absolute Gasteiger partial charge is 0.306 e. The van der Waals surface area contributed by atoms with Crippen molar-refractivity contribution in [2.75, 3.05) is 33.3 Å². The summed E-state index contributed by atoms with van der Waals surface area (Å²) in [7, 11) is 1.55. The third kappa shape index (κ3) is 7.23. The Kier molecular flexibility index (Phi) is 8.52. The second-order valence-electron chi connectivity index (χ2n) is 3.42. The van der Waals surface area contributed by atoms with Crippen LogP contribution in [0.3, 0.4) is 0 Å². The predicted molar refractivity (Wildman–Crippen MR) is 62.0 cm³/mol. The highest BCUT2D eigenvalue weighted by molar-refractivity contribution is 5.80. The minimum absolute atomic E-state index is 0.138. The van der Waals surface area contributed by atoms with Crippen LogP contribution in [-0.2, 0) is 14.3 Å². The van der Waals surface area contributed by atoms with Crippen LogP contribution in [0.1, 0.15) is 26.7 Å². The summed E-state index contributed by atoms with van der Waals surface area (Å²) in [5.41, 5.74) is 0. The van der Waals surface area contributed by atoms with E-state index in [1.165, 1.54) is 0 Å². The third-order valence-electron chi connectivity index (χ3n) is 2.40. The number of carbonyl (C=O) groups is 2. The van der Waals surface area contributed by atoms with Crippen molar-refractivity contribution in [1.82, 2.24) is 10.2 Å². The molecule has 0 aromatic rings. The number of nitrogens with one attached hydrogen (secondary N) is 1. The number of ether oxygens (including phenoxy) is 1. The van der Waals surface area contributed by atoms with Crippen LogP contribution in [-0.4, -0.2) is 50.1 Å². The second-order valence-corrected chi connectivity index (χ2v) is 3.42. The van der Waals surface area contributed by atoms with E-state index in [9.17, 15) is 9.59 Å². The lowest BCUT2D eigenvalue weighted by Gasteiger charge is -2.17. The van der Waals surface area contributed by atoms with Gasteiger partial charge in [-0.3, -0.25) is 9.59 Å². The molecule has 0 aromatic heterocycles. The number of hydrogen-bond acceptors (Lipinski definition) is 4. The highest BCUT2D eigenvalue weighted by Crippen LogP contribution is 1.94. The van der Waals surface area contributed by atoms with Crippen molar-refractivity contribution < 1.29 is 14.3 Å². The Morgan fingerprint density at radius 3 is 2.31 bits per heavy atom. The number of carbonyl (C=O) groups excluding carboxylic acids is 2. The zero-order valence-corrected chi connectivity index (χ0v) is 10.4. The largest absolute Gasteiger partial charge is 0.464 e. The minimum Gasteiger partial charge on any atom is -0.464 e. The second kappa shape index (κ2) is 9.15. The van der Waals surface area contributed by atoms with Crippen LogP contribution >= 0.6 is 0 Å². The van der Waals surface area contributed by atoms with Gasteiger partial charge < -0.3 is 15.0 Å². The Balaban J connectivity index is 3.54. The topological polar surface area (TPSA) is 58.6 Å². The fourth-order valence-corrected chi connectivity index (χ4v) is 1.24. The fraction of sp³-hybridized carbons (Fsp3) is 0.818.